The first kappa shape index (κ1) is 30.7. The molecule has 54 heavy (non-hydrogen) atoms. The summed E-state index contributed by atoms with van der Waals surface area (Å²) < 4.78 is 8.66. The molecule has 0 radical (unpaired) electrons. The molecule has 5 heteroatoms. The second-order valence-corrected chi connectivity index (χ2v) is 14.7. The van der Waals surface area contributed by atoms with E-state index >= 15 is 0 Å². The molecule has 0 fully saturated rings. The van der Waals surface area contributed by atoms with Crippen molar-refractivity contribution in [2.24, 2.45) is 0 Å². The summed E-state index contributed by atoms with van der Waals surface area (Å²) in [5, 5.41) is 6.98. The van der Waals surface area contributed by atoms with Crippen molar-refractivity contribution in [1.29, 1.82) is 0 Å². The number of benzene rings is 8. The number of nitrogens with zero attached hydrogens (tertiary/aromatic N) is 3. The van der Waals surface area contributed by atoms with Crippen LogP contribution < -0.4 is 0 Å². The van der Waals surface area contributed by atoms with Crippen molar-refractivity contribution < 1.29 is 4.42 Å². The van der Waals surface area contributed by atoms with E-state index in [1.807, 2.05) is 24.3 Å². The second-order valence-electron chi connectivity index (χ2n) is 13.6. The monoisotopic (exact) mass is 707 g/mol. The third-order valence-electron chi connectivity index (χ3n) is 10.3. The molecule has 0 atom stereocenters. The molecule has 0 aliphatic rings. The molecular weight excluding hydrogens is 679 g/mol. The number of thiophene rings is 1. The Morgan fingerprint density at radius 3 is 1.83 bits per heavy atom. The SMILES string of the molecule is c1ccc(-c2ccc3ccc(-c4nc(-c5cccc(-c6ccc7c(c6)oc6ccccc67)c5)nc(-c5cccc6c5sc5ccccc56)n4)cc3c2)cc1. The van der Waals surface area contributed by atoms with Gasteiger partial charge >= 0.3 is 0 Å². The Balaban J connectivity index is 1.08. The van der Waals surface area contributed by atoms with Gasteiger partial charge in [-0.25, -0.2) is 15.0 Å². The summed E-state index contributed by atoms with van der Waals surface area (Å²) >= 11 is 1.78. The highest BCUT2D eigenvalue weighted by atomic mass is 32.1. The maximum absolute atomic E-state index is 6.25. The third kappa shape index (κ3) is 5.17. The average Bonchev–Trinajstić information content (AvgIpc) is 3.82. The van der Waals surface area contributed by atoms with E-state index in [1.165, 1.54) is 31.3 Å². The highest BCUT2D eigenvalue weighted by molar-refractivity contribution is 7.26. The molecule has 252 valence electrons. The zero-order valence-electron chi connectivity index (χ0n) is 28.9. The molecule has 0 bridgehead atoms. The zero-order valence-corrected chi connectivity index (χ0v) is 29.7. The standard InChI is InChI=1S/C49H29N3OS/c1-2-10-30(11-3-1)33-22-20-31-21-23-36(28-37(31)27-33)48-50-47(51-49(52-48)42-17-9-16-41-40-15-5-7-19-45(40)54-46(41)42)35-13-8-12-32(26-35)34-24-25-39-38-14-4-6-18-43(38)53-44(39)29-34/h1-29H. The number of furan rings is 1. The van der Waals surface area contributed by atoms with Gasteiger partial charge in [0.2, 0.25) is 0 Å². The highest BCUT2D eigenvalue weighted by Crippen LogP contribution is 2.40. The van der Waals surface area contributed by atoms with Crippen LogP contribution in [0.4, 0.5) is 0 Å². The lowest BCUT2D eigenvalue weighted by molar-refractivity contribution is 0.669. The first-order chi connectivity index (χ1) is 26.7. The lowest BCUT2D eigenvalue weighted by Gasteiger charge is -2.11. The lowest BCUT2D eigenvalue weighted by atomic mass is 9.99. The van der Waals surface area contributed by atoms with Gasteiger partial charge < -0.3 is 4.42 Å². The Kier molecular flexibility index (Phi) is 7.00. The summed E-state index contributed by atoms with van der Waals surface area (Å²) in [5.41, 5.74) is 9.09. The smallest absolute Gasteiger partial charge is 0.165 e. The maximum atomic E-state index is 6.25. The Bertz CT molecular complexity index is 3230. The molecule has 0 spiro atoms. The maximum Gasteiger partial charge on any atom is 0.165 e. The minimum absolute atomic E-state index is 0.623. The molecule has 11 rings (SSSR count). The predicted molar refractivity (Wildman–Crippen MR) is 225 cm³/mol. The molecule has 0 aliphatic heterocycles. The molecule has 0 N–H and O–H groups in total. The summed E-state index contributed by atoms with van der Waals surface area (Å²) in [7, 11) is 0. The van der Waals surface area contributed by atoms with Gasteiger partial charge in [-0.15, -0.1) is 11.3 Å². The number of aromatic nitrogens is 3. The van der Waals surface area contributed by atoms with Crippen LogP contribution in [0.3, 0.4) is 0 Å². The summed E-state index contributed by atoms with van der Waals surface area (Å²) in [6.07, 6.45) is 0. The Hall–Kier alpha value is -6.95. The van der Waals surface area contributed by atoms with Crippen LogP contribution >= 0.6 is 11.3 Å². The number of hydrogen-bond donors (Lipinski definition) is 0. The first-order valence-corrected chi connectivity index (χ1v) is 18.8. The number of fused-ring (bicyclic) bond motifs is 7. The molecule has 8 aromatic carbocycles. The summed E-state index contributed by atoms with van der Waals surface area (Å²) in [6, 6.07) is 61.6. The van der Waals surface area contributed by atoms with Gasteiger partial charge in [0.25, 0.3) is 0 Å². The average molecular weight is 708 g/mol. The van der Waals surface area contributed by atoms with Crippen LogP contribution in [0.25, 0.3) is 109 Å². The van der Waals surface area contributed by atoms with E-state index in [-0.39, 0.29) is 0 Å². The Morgan fingerprint density at radius 1 is 0.352 bits per heavy atom. The van der Waals surface area contributed by atoms with E-state index < -0.39 is 0 Å². The molecule has 0 amide bonds. The topological polar surface area (TPSA) is 51.8 Å². The van der Waals surface area contributed by atoms with Gasteiger partial charge in [0.15, 0.2) is 17.5 Å². The van der Waals surface area contributed by atoms with Gasteiger partial charge in [-0.2, -0.15) is 0 Å². The summed E-state index contributed by atoms with van der Waals surface area (Å²) in [6.45, 7) is 0. The van der Waals surface area contributed by atoms with Crippen LogP contribution in [0.1, 0.15) is 0 Å². The number of hydrogen-bond acceptors (Lipinski definition) is 5. The number of para-hydroxylation sites is 1. The van der Waals surface area contributed by atoms with Crippen molar-refractivity contribution in [2.45, 2.75) is 0 Å². The van der Waals surface area contributed by atoms with Crippen LogP contribution in [0.2, 0.25) is 0 Å². The fraction of sp³-hybridized carbons (Fsp3) is 0. The quantitative estimate of drug-likeness (QED) is 0.179. The van der Waals surface area contributed by atoms with Gasteiger partial charge in [0.05, 0.1) is 0 Å². The van der Waals surface area contributed by atoms with Crippen LogP contribution in [-0.4, -0.2) is 15.0 Å². The van der Waals surface area contributed by atoms with E-state index in [0.29, 0.717) is 17.5 Å². The number of rotatable bonds is 5. The van der Waals surface area contributed by atoms with Gasteiger partial charge in [0.1, 0.15) is 11.2 Å². The van der Waals surface area contributed by atoms with Crippen LogP contribution in [-0.2, 0) is 0 Å². The van der Waals surface area contributed by atoms with Crippen molar-refractivity contribution in [3.05, 3.63) is 176 Å². The molecule has 0 saturated heterocycles. The fourth-order valence-electron chi connectivity index (χ4n) is 7.62. The van der Waals surface area contributed by atoms with E-state index in [0.717, 1.165) is 60.5 Å². The largest absolute Gasteiger partial charge is 0.456 e. The van der Waals surface area contributed by atoms with E-state index in [2.05, 4.69) is 152 Å². The van der Waals surface area contributed by atoms with Crippen molar-refractivity contribution in [2.75, 3.05) is 0 Å². The van der Waals surface area contributed by atoms with Crippen molar-refractivity contribution in [3.8, 4) is 56.4 Å². The van der Waals surface area contributed by atoms with Gasteiger partial charge in [-0.3, -0.25) is 0 Å². The van der Waals surface area contributed by atoms with E-state index in [9.17, 15) is 0 Å². The molecule has 3 aromatic heterocycles. The Labute approximate surface area is 314 Å². The molecule has 4 nitrogen and oxygen atoms in total. The zero-order chi connectivity index (χ0) is 35.6. The second kappa shape index (κ2) is 12.3. The van der Waals surface area contributed by atoms with Gasteiger partial charge in [-0.05, 0) is 81.6 Å². The van der Waals surface area contributed by atoms with E-state index in [1.54, 1.807) is 11.3 Å². The Morgan fingerprint density at radius 2 is 0.944 bits per heavy atom. The molecule has 3 heterocycles. The minimum Gasteiger partial charge on any atom is -0.456 e. The first-order valence-electron chi connectivity index (χ1n) is 18.0. The molecule has 0 aliphatic carbocycles. The van der Waals surface area contributed by atoms with Gasteiger partial charge in [-0.1, -0.05) is 127 Å². The van der Waals surface area contributed by atoms with Crippen LogP contribution in [0, 0.1) is 0 Å². The van der Waals surface area contributed by atoms with Crippen molar-refractivity contribution in [3.63, 3.8) is 0 Å². The fourth-order valence-corrected chi connectivity index (χ4v) is 8.83. The molecule has 11 aromatic rings. The van der Waals surface area contributed by atoms with Crippen molar-refractivity contribution >= 4 is 64.2 Å². The minimum atomic E-state index is 0.623. The summed E-state index contributed by atoms with van der Waals surface area (Å²) in [4.78, 5) is 15.6. The van der Waals surface area contributed by atoms with E-state index in [4.69, 9.17) is 19.4 Å². The molecule has 0 saturated carbocycles. The van der Waals surface area contributed by atoms with Crippen LogP contribution in [0.5, 0.6) is 0 Å². The summed E-state index contributed by atoms with van der Waals surface area (Å²) in [5.74, 6) is 1.91. The van der Waals surface area contributed by atoms with Crippen molar-refractivity contribution in [1.82, 2.24) is 15.0 Å². The third-order valence-corrected chi connectivity index (χ3v) is 11.5. The molecular formula is C49H29N3OS. The lowest BCUT2D eigenvalue weighted by Crippen LogP contribution is -2.00. The van der Waals surface area contributed by atoms with Gasteiger partial charge in [0, 0.05) is 47.6 Å². The molecule has 0 unspecified atom stereocenters. The highest BCUT2D eigenvalue weighted by Gasteiger charge is 2.18. The van der Waals surface area contributed by atoms with Crippen LogP contribution in [0.15, 0.2) is 180 Å². The normalized spacial score (nSPS) is 11.7. The predicted octanol–water partition coefficient (Wildman–Crippen LogP) is 13.6.